The number of thioether (sulfide) groups is 2. The number of amides is 2. The molecule has 2 atom stereocenters. The molecule has 0 aliphatic carbocycles. The highest BCUT2D eigenvalue weighted by Crippen LogP contribution is 2.42. The number of hydrogen-bond acceptors (Lipinski definition) is 6. The van der Waals surface area contributed by atoms with Crippen LogP contribution < -0.4 is 0 Å². The molecule has 2 fully saturated rings. The van der Waals surface area contributed by atoms with Crippen molar-refractivity contribution < 1.29 is 9.59 Å². The molecule has 4 rings (SSSR count). The average Bonchev–Trinajstić information content (AvgIpc) is 3.37. The molecule has 132 valence electrons. The van der Waals surface area contributed by atoms with Gasteiger partial charge in [-0.15, -0.1) is 46.2 Å². The average molecular weight is 411 g/mol. The number of carbonyl (C=O) groups excluding carboxylic acids is 2. The van der Waals surface area contributed by atoms with Crippen molar-refractivity contribution in [3.8, 4) is 0 Å². The predicted molar refractivity (Wildman–Crippen MR) is 107 cm³/mol. The van der Waals surface area contributed by atoms with E-state index in [1.54, 1.807) is 46.2 Å². The molecule has 0 N–H and O–H groups in total. The zero-order valence-electron chi connectivity index (χ0n) is 13.5. The zero-order valence-corrected chi connectivity index (χ0v) is 16.8. The topological polar surface area (TPSA) is 40.6 Å². The van der Waals surface area contributed by atoms with E-state index in [0.717, 1.165) is 6.42 Å². The maximum absolute atomic E-state index is 12.2. The summed E-state index contributed by atoms with van der Waals surface area (Å²) in [6, 6.07) is 8.27. The van der Waals surface area contributed by atoms with Crippen LogP contribution in [0.25, 0.3) is 0 Å². The second kappa shape index (κ2) is 7.73. The first-order valence-corrected chi connectivity index (χ1v) is 12.0. The lowest BCUT2D eigenvalue weighted by Gasteiger charge is -2.26. The lowest BCUT2D eigenvalue weighted by atomic mass is 10.3. The van der Waals surface area contributed by atoms with Gasteiger partial charge in [0, 0.05) is 22.8 Å². The van der Waals surface area contributed by atoms with E-state index < -0.39 is 0 Å². The normalized spacial score (nSPS) is 23.8. The highest BCUT2D eigenvalue weighted by molar-refractivity contribution is 8.00. The smallest absolute Gasteiger partial charge is 0.233 e. The van der Waals surface area contributed by atoms with Gasteiger partial charge in [-0.3, -0.25) is 9.59 Å². The summed E-state index contributed by atoms with van der Waals surface area (Å²) in [4.78, 5) is 30.9. The Hall–Kier alpha value is -0.960. The fourth-order valence-electron chi connectivity index (χ4n) is 3.14. The molecule has 25 heavy (non-hydrogen) atoms. The van der Waals surface area contributed by atoms with Crippen molar-refractivity contribution in [2.45, 2.75) is 17.2 Å². The van der Waals surface area contributed by atoms with Gasteiger partial charge in [0.1, 0.15) is 10.7 Å². The van der Waals surface area contributed by atoms with Gasteiger partial charge in [0.2, 0.25) is 11.8 Å². The minimum absolute atomic E-state index is 0.143. The van der Waals surface area contributed by atoms with Gasteiger partial charge >= 0.3 is 0 Å². The third kappa shape index (κ3) is 3.63. The zero-order chi connectivity index (χ0) is 17.2. The second-order valence-electron chi connectivity index (χ2n) is 5.89. The molecule has 0 aromatic carbocycles. The van der Waals surface area contributed by atoms with Gasteiger partial charge in [-0.25, -0.2) is 0 Å². The van der Waals surface area contributed by atoms with Crippen molar-refractivity contribution in [3.05, 3.63) is 44.8 Å². The van der Waals surface area contributed by atoms with E-state index in [0.29, 0.717) is 24.6 Å². The fraction of sp³-hybridized carbons (Fsp3) is 0.412. The molecule has 2 aliphatic rings. The molecule has 2 saturated heterocycles. The van der Waals surface area contributed by atoms with E-state index >= 15 is 0 Å². The molecule has 4 nitrogen and oxygen atoms in total. The number of hydrogen-bond donors (Lipinski definition) is 0. The third-order valence-electron chi connectivity index (χ3n) is 4.31. The fourth-order valence-corrected chi connectivity index (χ4v) is 7.53. The van der Waals surface area contributed by atoms with E-state index in [-0.39, 0.29) is 22.6 Å². The SMILES string of the molecule is O=C1CSC(c2cccs2)N1CCCN1C(=O)CSC1c1cccs1. The van der Waals surface area contributed by atoms with Gasteiger partial charge in [-0.05, 0) is 29.3 Å². The molecule has 2 amide bonds. The molecule has 2 aromatic rings. The largest absolute Gasteiger partial charge is 0.325 e. The van der Waals surface area contributed by atoms with Gasteiger partial charge in [-0.2, -0.15) is 0 Å². The van der Waals surface area contributed by atoms with Crippen LogP contribution in [0.4, 0.5) is 0 Å². The van der Waals surface area contributed by atoms with Crippen molar-refractivity contribution in [1.29, 1.82) is 0 Å². The van der Waals surface area contributed by atoms with Gasteiger partial charge in [0.15, 0.2) is 0 Å². The number of thiophene rings is 2. The van der Waals surface area contributed by atoms with E-state index in [1.807, 2.05) is 21.9 Å². The van der Waals surface area contributed by atoms with Crippen LogP contribution in [-0.2, 0) is 9.59 Å². The van der Waals surface area contributed by atoms with Crippen LogP contribution in [0.1, 0.15) is 26.9 Å². The molecule has 0 spiro atoms. The van der Waals surface area contributed by atoms with Gasteiger partial charge in [0.25, 0.3) is 0 Å². The molecule has 0 radical (unpaired) electrons. The van der Waals surface area contributed by atoms with Gasteiger partial charge < -0.3 is 9.80 Å². The summed E-state index contributed by atoms with van der Waals surface area (Å²) in [5.41, 5.74) is 0. The molecule has 2 unspecified atom stereocenters. The van der Waals surface area contributed by atoms with Crippen molar-refractivity contribution >= 4 is 58.0 Å². The van der Waals surface area contributed by atoms with E-state index in [1.165, 1.54) is 9.75 Å². The van der Waals surface area contributed by atoms with Crippen LogP contribution in [0, 0.1) is 0 Å². The first kappa shape index (κ1) is 17.5. The van der Waals surface area contributed by atoms with Gasteiger partial charge in [-0.1, -0.05) is 12.1 Å². The highest BCUT2D eigenvalue weighted by atomic mass is 32.2. The Labute approximate surface area is 163 Å². The predicted octanol–water partition coefficient (Wildman–Crippen LogP) is 4.05. The maximum Gasteiger partial charge on any atom is 0.233 e. The lowest BCUT2D eigenvalue weighted by molar-refractivity contribution is -0.128. The molecule has 8 heteroatoms. The van der Waals surface area contributed by atoms with Crippen LogP contribution in [0.15, 0.2) is 35.0 Å². The molecule has 0 bridgehead atoms. The summed E-state index contributed by atoms with van der Waals surface area (Å²) in [6.07, 6.45) is 0.822. The summed E-state index contributed by atoms with van der Waals surface area (Å²) in [6.45, 7) is 1.42. The summed E-state index contributed by atoms with van der Waals surface area (Å²) in [7, 11) is 0. The van der Waals surface area contributed by atoms with Crippen LogP contribution in [-0.4, -0.2) is 46.2 Å². The van der Waals surface area contributed by atoms with Crippen molar-refractivity contribution in [2.75, 3.05) is 24.6 Å². The minimum atomic E-state index is 0.143. The first-order chi connectivity index (χ1) is 12.2. The number of nitrogens with zero attached hydrogens (tertiary/aromatic N) is 2. The Morgan fingerprint density at radius 3 is 1.72 bits per heavy atom. The number of carbonyl (C=O) groups is 2. The molecular formula is C17H18N2O2S4. The first-order valence-electron chi connectivity index (χ1n) is 8.13. The standard InChI is InChI=1S/C17H18N2O2S4/c20-14-10-24-16(12-4-1-8-22-12)18(14)6-3-7-19-15(21)11-25-17(19)13-5-2-9-23-13/h1-2,4-5,8-9,16-17H,3,6-7,10-11H2. The second-order valence-corrected chi connectivity index (χ2v) is 9.98. The molecule has 0 saturated carbocycles. The summed E-state index contributed by atoms with van der Waals surface area (Å²) < 4.78 is 0. The Balaban J connectivity index is 1.37. The molecule has 2 aromatic heterocycles. The lowest BCUT2D eigenvalue weighted by Crippen LogP contribution is -2.34. The maximum atomic E-state index is 12.2. The van der Waals surface area contributed by atoms with Crippen LogP contribution in [0.3, 0.4) is 0 Å². The molecular weight excluding hydrogens is 392 g/mol. The highest BCUT2D eigenvalue weighted by Gasteiger charge is 2.35. The summed E-state index contributed by atoms with van der Waals surface area (Å²) in [5.74, 6) is 1.53. The van der Waals surface area contributed by atoms with E-state index in [9.17, 15) is 9.59 Å². The molecule has 4 heterocycles. The molecule has 2 aliphatic heterocycles. The number of rotatable bonds is 6. The van der Waals surface area contributed by atoms with Crippen LogP contribution in [0.2, 0.25) is 0 Å². The Morgan fingerprint density at radius 1 is 0.840 bits per heavy atom. The third-order valence-corrected chi connectivity index (χ3v) is 8.93. The van der Waals surface area contributed by atoms with E-state index in [2.05, 4.69) is 22.9 Å². The quantitative estimate of drug-likeness (QED) is 0.720. The Kier molecular flexibility index (Phi) is 5.40. The van der Waals surface area contributed by atoms with Crippen LogP contribution >= 0.6 is 46.2 Å². The van der Waals surface area contributed by atoms with Crippen molar-refractivity contribution in [3.63, 3.8) is 0 Å². The van der Waals surface area contributed by atoms with Gasteiger partial charge in [0.05, 0.1) is 11.5 Å². The summed E-state index contributed by atoms with van der Waals surface area (Å²) in [5, 5.41) is 4.40. The van der Waals surface area contributed by atoms with E-state index in [4.69, 9.17) is 0 Å². The summed E-state index contributed by atoms with van der Waals surface area (Å²) >= 11 is 6.81. The van der Waals surface area contributed by atoms with Crippen molar-refractivity contribution in [1.82, 2.24) is 9.80 Å². The monoisotopic (exact) mass is 410 g/mol. The van der Waals surface area contributed by atoms with Crippen molar-refractivity contribution in [2.24, 2.45) is 0 Å². The Morgan fingerprint density at radius 2 is 1.32 bits per heavy atom. The Bertz CT molecular complexity index is 670. The van der Waals surface area contributed by atoms with Crippen LogP contribution in [0.5, 0.6) is 0 Å². The minimum Gasteiger partial charge on any atom is -0.325 e.